The van der Waals surface area contributed by atoms with Gasteiger partial charge in [-0.25, -0.2) is 18.6 Å². The monoisotopic (exact) mass is 465 g/mol. The van der Waals surface area contributed by atoms with Crippen molar-refractivity contribution in [1.29, 1.82) is 0 Å². The number of aryl methyl sites for hydroxylation is 1. The van der Waals surface area contributed by atoms with Gasteiger partial charge in [-0.15, -0.1) is 0 Å². The number of piperidine rings is 1. The number of likely N-dealkylation sites (tertiary alicyclic amines) is 1. The second-order valence-electron chi connectivity index (χ2n) is 9.44. The first-order chi connectivity index (χ1) is 16.3. The largest absolute Gasteiger partial charge is 0.474 e. The molecular weight excluding hydrogens is 440 g/mol. The highest BCUT2D eigenvalue weighted by Gasteiger charge is 2.46. The van der Waals surface area contributed by atoms with E-state index in [4.69, 9.17) is 4.74 Å². The van der Waals surface area contributed by atoms with E-state index < -0.39 is 17.7 Å². The third kappa shape index (κ3) is 3.46. The Morgan fingerprint density at radius 3 is 2.53 bits per heavy atom. The summed E-state index contributed by atoms with van der Waals surface area (Å²) in [5, 5.41) is 0.667. The summed E-state index contributed by atoms with van der Waals surface area (Å²) in [6.07, 6.45) is 5.92. The molecule has 6 rings (SSSR count). The molecule has 1 aliphatic carbocycles. The number of benzene rings is 1. The van der Waals surface area contributed by atoms with E-state index in [2.05, 4.69) is 9.97 Å². The fraction of sp³-hybridized carbons (Fsp3) is 0.400. The summed E-state index contributed by atoms with van der Waals surface area (Å²) in [5.74, 6) is -2.43. The first-order valence-electron chi connectivity index (χ1n) is 11.5. The molecule has 0 spiro atoms. The lowest BCUT2D eigenvalue weighted by atomic mass is 10.00. The second kappa shape index (κ2) is 7.59. The summed E-state index contributed by atoms with van der Waals surface area (Å²) in [6, 6.07) is 8.25. The molecule has 1 atom stereocenters. The van der Waals surface area contributed by atoms with Gasteiger partial charge in [0.2, 0.25) is 5.88 Å². The number of halogens is 2. The second-order valence-corrected chi connectivity index (χ2v) is 9.44. The van der Waals surface area contributed by atoms with Crippen LogP contribution in [-0.2, 0) is 7.05 Å². The summed E-state index contributed by atoms with van der Waals surface area (Å²) in [6.45, 7) is 0.119. The highest BCUT2D eigenvalue weighted by Crippen LogP contribution is 2.39. The summed E-state index contributed by atoms with van der Waals surface area (Å²) < 4.78 is 38.7. The lowest BCUT2D eigenvalue weighted by Gasteiger charge is -2.37. The van der Waals surface area contributed by atoms with Gasteiger partial charge in [0.25, 0.3) is 5.92 Å². The van der Waals surface area contributed by atoms with E-state index in [1.165, 1.54) is 9.13 Å². The van der Waals surface area contributed by atoms with Crippen LogP contribution in [0, 0.1) is 0 Å². The van der Waals surface area contributed by atoms with Crippen molar-refractivity contribution >= 4 is 21.9 Å². The molecule has 0 N–H and O–H groups in total. The molecule has 34 heavy (non-hydrogen) atoms. The molecule has 2 fully saturated rings. The van der Waals surface area contributed by atoms with Gasteiger partial charge in [-0.2, -0.15) is 0 Å². The molecule has 3 aromatic heterocycles. The highest BCUT2D eigenvalue weighted by molar-refractivity contribution is 6.04. The number of hydrogen-bond donors (Lipinski definition) is 0. The third-order valence-corrected chi connectivity index (χ3v) is 6.86. The van der Waals surface area contributed by atoms with Crippen molar-refractivity contribution in [2.45, 2.75) is 37.3 Å². The van der Waals surface area contributed by atoms with Gasteiger partial charge in [0.05, 0.1) is 29.3 Å². The van der Waals surface area contributed by atoms with Crippen molar-refractivity contribution in [2.75, 3.05) is 20.1 Å². The van der Waals surface area contributed by atoms with Gasteiger partial charge in [-0.3, -0.25) is 14.1 Å². The Balaban J connectivity index is 1.51. The van der Waals surface area contributed by atoms with Crippen LogP contribution in [-0.4, -0.2) is 56.2 Å². The molecule has 1 saturated heterocycles. The number of ether oxygens (including phenoxy) is 1. The SMILES string of the molecule is CN1CCC(n2c(=O)n(C)c3cnc4ccc(-c5ccc(OC6CC6)nc5)cc4c32)C(F)(F)C1. The molecule has 1 aliphatic heterocycles. The average molecular weight is 466 g/mol. The van der Waals surface area contributed by atoms with Crippen LogP contribution in [0.4, 0.5) is 8.78 Å². The van der Waals surface area contributed by atoms with Crippen LogP contribution in [0.3, 0.4) is 0 Å². The predicted octanol–water partition coefficient (Wildman–Crippen LogP) is 4.00. The number of imidazole rings is 1. The zero-order valence-electron chi connectivity index (χ0n) is 19.0. The number of rotatable bonds is 4. The summed E-state index contributed by atoms with van der Waals surface area (Å²) in [7, 11) is 3.28. The standard InChI is InChI=1S/C25H25F2N5O2/c1-30-10-9-21(25(26,27)14-30)32-23-18-11-15(16-4-8-22(29-12-16)34-17-5-6-17)3-7-19(18)28-13-20(23)31(2)24(32)33/h3-4,7-8,11-13,17,21H,5-6,9-10,14H2,1-2H3. The minimum Gasteiger partial charge on any atom is -0.474 e. The summed E-state index contributed by atoms with van der Waals surface area (Å²) in [4.78, 5) is 23.7. The van der Waals surface area contributed by atoms with Crippen LogP contribution in [0.15, 0.2) is 47.5 Å². The number of aromatic nitrogens is 4. The Bertz CT molecular complexity index is 1460. The van der Waals surface area contributed by atoms with Crippen molar-refractivity contribution < 1.29 is 13.5 Å². The lowest BCUT2D eigenvalue weighted by molar-refractivity contribution is -0.0977. The summed E-state index contributed by atoms with van der Waals surface area (Å²) in [5.41, 5.74) is 2.97. The van der Waals surface area contributed by atoms with Crippen LogP contribution < -0.4 is 10.4 Å². The number of nitrogens with zero attached hydrogens (tertiary/aromatic N) is 5. The van der Waals surface area contributed by atoms with Crippen molar-refractivity contribution in [3.63, 3.8) is 0 Å². The molecule has 0 bridgehead atoms. The maximum atomic E-state index is 15.2. The molecule has 7 nitrogen and oxygen atoms in total. The van der Waals surface area contributed by atoms with Gasteiger partial charge >= 0.3 is 5.69 Å². The molecular formula is C25H25F2N5O2. The van der Waals surface area contributed by atoms with Crippen molar-refractivity contribution in [2.24, 2.45) is 7.05 Å². The Kier molecular flexibility index (Phi) is 4.74. The Morgan fingerprint density at radius 2 is 1.82 bits per heavy atom. The molecule has 2 aliphatic rings. The Labute approximate surface area is 194 Å². The van der Waals surface area contributed by atoms with Crippen LogP contribution >= 0.6 is 0 Å². The van der Waals surface area contributed by atoms with Gasteiger partial charge in [-0.1, -0.05) is 6.07 Å². The van der Waals surface area contributed by atoms with E-state index in [-0.39, 0.29) is 19.1 Å². The molecule has 1 aromatic carbocycles. The highest BCUT2D eigenvalue weighted by atomic mass is 19.3. The smallest absolute Gasteiger partial charge is 0.329 e. The predicted molar refractivity (Wildman–Crippen MR) is 125 cm³/mol. The van der Waals surface area contributed by atoms with Gasteiger partial charge in [0.1, 0.15) is 12.1 Å². The maximum Gasteiger partial charge on any atom is 0.329 e. The van der Waals surface area contributed by atoms with Gasteiger partial charge in [0, 0.05) is 36.8 Å². The van der Waals surface area contributed by atoms with Crippen LogP contribution in [0.2, 0.25) is 0 Å². The van der Waals surface area contributed by atoms with Gasteiger partial charge in [0.15, 0.2) is 0 Å². The van der Waals surface area contributed by atoms with E-state index >= 15 is 8.78 Å². The Hall–Kier alpha value is -3.33. The first kappa shape index (κ1) is 21.2. The fourth-order valence-electron chi connectivity index (χ4n) is 4.89. The van der Waals surface area contributed by atoms with Crippen molar-refractivity contribution in [3.05, 3.63) is 53.2 Å². The molecule has 4 heterocycles. The molecule has 0 amide bonds. The molecule has 0 radical (unpaired) electrons. The van der Waals surface area contributed by atoms with E-state index in [0.717, 1.165) is 24.0 Å². The zero-order chi connectivity index (χ0) is 23.6. The van der Waals surface area contributed by atoms with Gasteiger partial charge < -0.3 is 9.64 Å². The average Bonchev–Trinajstić information content (AvgIpc) is 3.59. The van der Waals surface area contributed by atoms with E-state index in [0.29, 0.717) is 34.4 Å². The minimum absolute atomic E-state index is 0.193. The summed E-state index contributed by atoms with van der Waals surface area (Å²) >= 11 is 0. The number of fused-ring (bicyclic) bond motifs is 3. The third-order valence-electron chi connectivity index (χ3n) is 6.86. The molecule has 1 unspecified atom stereocenters. The minimum atomic E-state index is -3.03. The fourth-order valence-corrected chi connectivity index (χ4v) is 4.89. The quantitative estimate of drug-likeness (QED) is 0.456. The normalized spacial score (nSPS) is 20.8. The van der Waals surface area contributed by atoms with E-state index in [9.17, 15) is 4.79 Å². The lowest BCUT2D eigenvalue weighted by Crippen LogP contribution is -2.49. The van der Waals surface area contributed by atoms with Crippen molar-refractivity contribution in [3.8, 4) is 17.0 Å². The molecule has 1 saturated carbocycles. The van der Waals surface area contributed by atoms with E-state index in [1.54, 1.807) is 31.4 Å². The van der Waals surface area contributed by atoms with Crippen LogP contribution in [0.1, 0.15) is 25.3 Å². The van der Waals surface area contributed by atoms with Crippen LogP contribution in [0.25, 0.3) is 33.1 Å². The maximum absolute atomic E-state index is 15.2. The number of pyridine rings is 2. The van der Waals surface area contributed by atoms with E-state index in [1.807, 2.05) is 30.3 Å². The molecule has 4 aromatic rings. The van der Waals surface area contributed by atoms with Crippen LogP contribution in [0.5, 0.6) is 5.88 Å². The first-order valence-corrected chi connectivity index (χ1v) is 11.5. The Morgan fingerprint density at radius 1 is 1.03 bits per heavy atom. The van der Waals surface area contributed by atoms with Gasteiger partial charge in [-0.05, 0) is 50.1 Å². The molecule has 9 heteroatoms. The zero-order valence-corrected chi connectivity index (χ0v) is 19.0. The topological polar surface area (TPSA) is 65.2 Å². The molecule has 176 valence electrons. The van der Waals surface area contributed by atoms with Crippen molar-refractivity contribution in [1.82, 2.24) is 24.0 Å². The number of alkyl halides is 2. The number of hydrogen-bond acceptors (Lipinski definition) is 5.